The molecule has 1 unspecified atom stereocenters. The number of nitrogens with one attached hydrogen (secondary N) is 1. The Bertz CT molecular complexity index is 386. The Hall–Kier alpha value is -0.860. The second-order valence-electron chi connectivity index (χ2n) is 6.60. The van der Waals surface area contributed by atoms with Crippen LogP contribution in [-0.2, 0) is 6.54 Å². The first-order chi connectivity index (χ1) is 9.90. The first-order valence-electron chi connectivity index (χ1n) is 8.40. The highest BCUT2D eigenvalue weighted by molar-refractivity contribution is 5.14. The third-order valence-electron chi connectivity index (χ3n) is 4.65. The van der Waals surface area contributed by atoms with E-state index in [9.17, 15) is 0 Å². The second-order valence-corrected chi connectivity index (χ2v) is 6.60. The molecule has 0 spiro atoms. The van der Waals surface area contributed by atoms with Crippen LogP contribution in [0.1, 0.15) is 44.1 Å². The smallest absolute Gasteiger partial charge is 0.0233 e. The van der Waals surface area contributed by atoms with Gasteiger partial charge >= 0.3 is 0 Å². The van der Waals surface area contributed by atoms with E-state index in [1.807, 2.05) is 0 Å². The lowest BCUT2D eigenvalue weighted by atomic mass is 9.93. The van der Waals surface area contributed by atoms with Crippen LogP contribution < -0.4 is 5.32 Å². The van der Waals surface area contributed by atoms with E-state index in [1.165, 1.54) is 63.7 Å². The minimum Gasteiger partial charge on any atom is -0.314 e. The van der Waals surface area contributed by atoms with Gasteiger partial charge in [0, 0.05) is 19.1 Å². The molecule has 20 heavy (non-hydrogen) atoms. The van der Waals surface area contributed by atoms with Gasteiger partial charge in [0.05, 0.1) is 0 Å². The molecule has 0 radical (unpaired) electrons. The lowest BCUT2D eigenvalue weighted by Crippen LogP contribution is -2.35. The van der Waals surface area contributed by atoms with Gasteiger partial charge in [-0.2, -0.15) is 0 Å². The van der Waals surface area contributed by atoms with E-state index in [4.69, 9.17) is 0 Å². The number of benzene rings is 1. The van der Waals surface area contributed by atoms with E-state index in [2.05, 4.69) is 40.5 Å². The molecule has 1 aliphatic carbocycles. The van der Waals surface area contributed by atoms with Crippen LogP contribution in [0.5, 0.6) is 0 Å². The molecule has 1 atom stereocenters. The Morgan fingerprint density at radius 3 is 2.75 bits per heavy atom. The van der Waals surface area contributed by atoms with Crippen molar-refractivity contribution in [2.45, 2.75) is 51.1 Å². The lowest BCUT2D eigenvalue weighted by molar-refractivity contribution is 0.160. The Morgan fingerprint density at radius 2 is 1.95 bits per heavy atom. The SMILES string of the molecule is c1ccc(CN2CCCC(CCCNC3CC3)C2)cc1. The number of piperidine rings is 1. The first-order valence-corrected chi connectivity index (χ1v) is 8.40. The molecule has 110 valence electrons. The van der Waals surface area contributed by atoms with E-state index in [0.717, 1.165) is 18.5 Å². The number of hydrogen-bond acceptors (Lipinski definition) is 2. The Kier molecular flexibility index (Phi) is 5.10. The fourth-order valence-corrected chi connectivity index (χ4v) is 3.36. The van der Waals surface area contributed by atoms with Gasteiger partial charge in [-0.05, 0) is 63.1 Å². The van der Waals surface area contributed by atoms with E-state index >= 15 is 0 Å². The molecule has 1 aliphatic heterocycles. The Labute approximate surface area is 123 Å². The molecule has 0 aromatic heterocycles. The molecule has 0 bridgehead atoms. The van der Waals surface area contributed by atoms with Crippen molar-refractivity contribution in [3.05, 3.63) is 35.9 Å². The normalized spacial score (nSPS) is 23.9. The summed E-state index contributed by atoms with van der Waals surface area (Å²) in [5.41, 5.74) is 1.46. The number of rotatable bonds is 7. The summed E-state index contributed by atoms with van der Waals surface area (Å²) in [7, 11) is 0. The van der Waals surface area contributed by atoms with Crippen LogP contribution in [-0.4, -0.2) is 30.6 Å². The first kappa shape index (κ1) is 14.1. The van der Waals surface area contributed by atoms with Gasteiger partial charge in [-0.25, -0.2) is 0 Å². The zero-order valence-electron chi connectivity index (χ0n) is 12.6. The van der Waals surface area contributed by atoms with Gasteiger partial charge in [-0.15, -0.1) is 0 Å². The van der Waals surface area contributed by atoms with Gasteiger partial charge < -0.3 is 5.32 Å². The third-order valence-corrected chi connectivity index (χ3v) is 4.65. The van der Waals surface area contributed by atoms with Crippen molar-refractivity contribution in [2.75, 3.05) is 19.6 Å². The molecule has 2 heteroatoms. The van der Waals surface area contributed by atoms with Crippen LogP contribution in [0.4, 0.5) is 0 Å². The van der Waals surface area contributed by atoms with Crippen LogP contribution in [0.25, 0.3) is 0 Å². The quantitative estimate of drug-likeness (QED) is 0.765. The summed E-state index contributed by atoms with van der Waals surface area (Å²) in [6.45, 7) is 4.96. The Balaban J connectivity index is 1.37. The van der Waals surface area contributed by atoms with Gasteiger partial charge in [-0.1, -0.05) is 30.3 Å². The van der Waals surface area contributed by atoms with Gasteiger partial charge in [0.2, 0.25) is 0 Å². The average molecular weight is 272 g/mol. The summed E-state index contributed by atoms with van der Waals surface area (Å²) < 4.78 is 0. The third kappa shape index (κ3) is 4.60. The van der Waals surface area contributed by atoms with Crippen LogP contribution in [0.2, 0.25) is 0 Å². The van der Waals surface area contributed by atoms with E-state index in [0.29, 0.717) is 0 Å². The summed E-state index contributed by atoms with van der Waals surface area (Å²) in [5.74, 6) is 0.925. The molecular formula is C18H28N2. The van der Waals surface area contributed by atoms with E-state index < -0.39 is 0 Å². The van der Waals surface area contributed by atoms with Gasteiger partial charge in [0.1, 0.15) is 0 Å². The van der Waals surface area contributed by atoms with Crippen molar-refractivity contribution in [3.63, 3.8) is 0 Å². The molecule has 2 fully saturated rings. The molecular weight excluding hydrogens is 244 g/mol. The van der Waals surface area contributed by atoms with Crippen molar-refractivity contribution >= 4 is 0 Å². The molecule has 1 aromatic rings. The average Bonchev–Trinajstić information content (AvgIpc) is 3.29. The van der Waals surface area contributed by atoms with Gasteiger partial charge in [0.15, 0.2) is 0 Å². The van der Waals surface area contributed by atoms with Gasteiger partial charge in [-0.3, -0.25) is 4.90 Å². The maximum absolute atomic E-state index is 3.63. The van der Waals surface area contributed by atoms with E-state index in [1.54, 1.807) is 0 Å². The predicted octanol–water partition coefficient (Wildman–Crippen LogP) is 3.43. The molecule has 3 rings (SSSR count). The van der Waals surface area contributed by atoms with Crippen molar-refractivity contribution in [3.8, 4) is 0 Å². The summed E-state index contributed by atoms with van der Waals surface area (Å²) in [6.07, 6.45) is 8.41. The fraction of sp³-hybridized carbons (Fsp3) is 0.667. The predicted molar refractivity (Wildman–Crippen MR) is 84.7 cm³/mol. The monoisotopic (exact) mass is 272 g/mol. The van der Waals surface area contributed by atoms with Crippen LogP contribution in [0.3, 0.4) is 0 Å². The molecule has 2 nitrogen and oxygen atoms in total. The van der Waals surface area contributed by atoms with Crippen molar-refractivity contribution in [1.82, 2.24) is 10.2 Å². The molecule has 1 heterocycles. The molecule has 1 N–H and O–H groups in total. The largest absolute Gasteiger partial charge is 0.314 e. The highest BCUT2D eigenvalue weighted by Gasteiger charge is 2.21. The summed E-state index contributed by atoms with van der Waals surface area (Å²) in [4.78, 5) is 2.65. The summed E-state index contributed by atoms with van der Waals surface area (Å²) in [6, 6.07) is 11.8. The molecule has 1 saturated heterocycles. The second kappa shape index (κ2) is 7.24. The molecule has 1 aromatic carbocycles. The summed E-state index contributed by atoms with van der Waals surface area (Å²) >= 11 is 0. The zero-order valence-corrected chi connectivity index (χ0v) is 12.6. The van der Waals surface area contributed by atoms with Gasteiger partial charge in [0.25, 0.3) is 0 Å². The van der Waals surface area contributed by atoms with E-state index in [-0.39, 0.29) is 0 Å². The maximum atomic E-state index is 3.63. The number of nitrogens with zero attached hydrogens (tertiary/aromatic N) is 1. The molecule has 1 saturated carbocycles. The maximum Gasteiger partial charge on any atom is 0.0233 e. The van der Waals surface area contributed by atoms with Crippen LogP contribution in [0.15, 0.2) is 30.3 Å². The minimum absolute atomic E-state index is 0.871. The minimum atomic E-state index is 0.871. The van der Waals surface area contributed by atoms with Crippen molar-refractivity contribution in [1.29, 1.82) is 0 Å². The number of likely N-dealkylation sites (tertiary alicyclic amines) is 1. The fourth-order valence-electron chi connectivity index (χ4n) is 3.36. The highest BCUT2D eigenvalue weighted by atomic mass is 15.1. The van der Waals surface area contributed by atoms with Crippen LogP contribution >= 0.6 is 0 Å². The van der Waals surface area contributed by atoms with Crippen molar-refractivity contribution in [2.24, 2.45) is 5.92 Å². The van der Waals surface area contributed by atoms with Crippen molar-refractivity contribution < 1.29 is 0 Å². The topological polar surface area (TPSA) is 15.3 Å². The zero-order chi connectivity index (χ0) is 13.6. The number of hydrogen-bond donors (Lipinski definition) is 1. The summed E-state index contributed by atoms with van der Waals surface area (Å²) in [5, 5.41) is 3.63. The molecule has 0 amide bonds. The molecule has 2 aliphatic rings. The standard InChI is InChI=1S/C18H28N2/c1-2-6-16(7-3-1)14-20-13-5-9-17(15-20)8-4-12-19-18-10-11-18/h1-3,6-7,17-19H,4-5,8-15H2. The lowest BCUT2D eigenvalue weighted by Gasteiger charge is -2.32. The highest BCUT2D eigenvalue weighted by Crippen LogP contribution is 2.23. The van der Waals surface area contributed by atoms with Crippen LogP contribution in [0, 0.1) is 5.92 Å². The Morgan fingerprint density at radius 1 is 1.10 bits per heavy atom.